The Morgan fingerprint density at radius 2 is 2.29 bits per heavy atom. The molecule has 0 spiro atoms. The number of anilines is 2. The number of nitrogens with zero attached hydrogens (tertiary/aromatic N) is 4. The van der Waals surface area contributed by atoms with E-state index in [2.05, 4.69) is 15.5 Å². The molecule has 1 aromatic carbocycles. The van der Waals surface area contributed by atoms with Crippen LogP contribution in [-0.2, 0) is 9.59 Å². The van der Waals surface area contributed by atoms with Crippen LogP contribution in [0.2, 0.25) is 0 Å². The Morgan fingerprint density at radius 1 is 1.50 bits per heavy atom. The van der Waals surface area contributed by atoms with E-state index >= 15 is 0 Å². The normalized spacial score (nSPS) is 13.2. The molecule has 0 saturated heterocycles. The molecule has 1 aliphatic heterocycles. The molecular formula is C13H11N5O5S. The molecule has 3 rings (SSSR count). The number of non-ortho nitro benzene ring substituents is 1. The summed E-state index contributed by atoms with van der Waals surface area (Å²) in [5, 5.41) is 22.1. The molecule has 2 heterocycles. The van der Waals surface area contributed by atoms with E-state index in [1.807, 2.05) is 0 Å². The van der Waals surface area contributed by atoms with Gasteiger partial charge >= 0.3 is 5.97 Å². The summed E-state index contributed by atoms with van der Waals surface area (Å²) >= 11 is 1.23. The average Bonchev–Trinajstić information content (AvgIpc) is 2.91. The number of hydrogen-bond donors (Lipinski definition) is 1. The molecule has 0 fully saturated rings. The van der Waals surface area contributed by atoms with E-state index in [-0.39, 0.29) is 30.4 Å². The van der Waals surface area contributed by atoms with Crippen LogP contribution in [0, 0.1) is 17.0 Å². The number of esters is 1. The third-order valence-electron chi connectivity index (χ3n) is 3.15. The van der Waals surface area contributed by atoms with Gasteiger partial charge in [0, 0.05) is 6.07 Å². The minimum atomic E-state index is -0.595. The van der Waals surface area contributed by atoms with Crippen molar-refractivity contribution in [1.29, 1.82) is 0 Å². The second kappa shape index (κ2) is 6.20. The first-order valence-corrected chi connectivity index (χ1v) is 7.58. The number of aromatic nitrogens is 2. The minimum absolute atomic E-state index is 0.0556. The average molecular weight is 349 g/mol. The second-order valence-corrected chi connectivity index (χ2v) is 6.10. The van der Waals surface area contributed by atoms with Crippen LogP contribution in [0.5, 0.6) is 5.75 Å². The highest BCUT2D eigenvalue weighted by Gasteiger charge is 2.27. The maximum atomic E-state index is 12.1. The Morgan fingerprint density at radius 3 is 2.96 bits per heavy atom. The Hall–Kier alpha value is -3.08. The molecular weight excluding hydrogens is 338 g/mol. The quantitative estimate of drug-likeness (QED) is 0.376. The fourth-order valence-corrected chi connectivity index (χ4v) is 2.78. The van der Waals surface area contributed by atoms with Gasteiger partial charge in [-0.2, -0.15) is 0 Å². The third kappa shape index (κ3) is 3.30. The number of carbonyl (C=O) groups is 2. The summed E-state index contributed by atoms with van der Waals surface area (Å²) in [5.74, 6) is -0.923. The zero-order chi connectivity index (χ0) is 17.3. The predicted molar refractivity (Wildman–Crippen MR) is 84.2 cm³/mol. The monoisotopic (exact) mass is 349 g/mol. The van der Waals surface area contributed by atoms with Gasteiger partial charge in [0.15, 0.2) is 5.75 Å². The highest BCUT2D eigenvalue weighted by molar-refractivity contribution is 7.15. The number of amides is 1. The third-order valence-corrected chi connectivity index (χ3v) is 3.90. The SMILES string of the molecule is Cc1nnc(NC(=O)CN2CC(=O)Oc3cc([N+](=O)[O-])ccc32)s1. The maximum Gasteiger partial charge on any atom is 0.331 e. The van der Waals surface area contributed by atoms with Crippen molar-refractivity contribution in [3.63, 3.8) is 0 Å². The molecule has 24 heavy (non-hydrogen) atoms. The number of nitro benzene ring substituents is 1. The molecule has 124 valence electrons. The van der Waals surface area contributed by atoms with Gasteiger partial charge in [-0.25, -0.2) is 4.79 Å². The summed E-state index contributed by atoms with van der Waals surface area (Å²) in [6.45, 7) is 1.50. The Kier molecular flexibility index (Phi) is 4.08. The molecule has 0 aliphatic carbocycles. The molecule has 11 heteroatoms. The minimum Gasteiger partial charge on any atom is -0.423 e. The van der Waals surface area contributed by atoms with Crippen LogP contribution in [0.15, 0.2) is 18.2 Å². The molecule has 0 saturated carbocycles. The van der Waals surface area contributed by atoms with E-state index in [0.717, 1.165) is 6.07 Å². The van der Waals surface area contributed by atoms with E-state index in [4.69, 9.17) is 4.74 Å². The lowest BCUT2D eigenvalue weighted by Crippen LogP contribution is -2.41. The van der Waals surface area contributed by atoms with Crippen molar-refractivity contribution < 1.29 is 19.2 Å². The largest absolute Gasteiger partial charge is 0.423 e. The summed E-state index contributed by atoms with van der Waals surface area (Å²) in [7, 11) is 0. The molecule has 1 amide bonds. The summed E-state index contributed by atoms with van der Waals surface area (Å²) in [4.78, 5) is 35.5. The van der Waals surface area contributed by atoms with Gasteiger partial charge < -0.3 is 9.64 Å². The summed E-state index contributed by atoms with van der Waals surface area (Å²) in [5.41, 5.74) is 0.237. The first-order chi connectivity index (χ1) is 11.4. The molecule has 2 aromatic rings. The number of nitrogens with one attached hydrogen (secondary N) is 1. The summed E-state index contributed by atoms with van der Waals surface area (Å²) < 4.78 is 5.02. The fourth-order valence-electron chi connectivity index (χ4n) is 2.18. The topological polar surface area (TPSA) is 128 Å². The van der Waals surface area contributed by atoms with Crippen molar-refractivity contribution >= 4 is 39.7 Å². The van der Waals surface area contributed by atoms with Crippen molar-refractivity contribution in [1.82, 2.24) is 10.2 Å². The van der Waals surface area contributed by atoms with Gasteiger partial charge in [0.2, 0.25) is 11.0 Å². The maximum absolute atomic E-state index is 12.1. The number of rotatable bonds is 4. The smallest absolute Gasteiger partial charge is 0.331 e. The Labute approximate surface area is 139 Å². The number of ether oxygens (including phenoxy) is 1. The van der Waals surface area contributed by atoms with Gasteiger partial charge in [-0.05, 0) is 13.0 Å². The van der Waals surface area contributed by atoms with Crippen LogP contribution >= 0.6 is 11.3 Å². The van der Waals surface area contributed by atoms with E-state index in [1.165, 1.54) is 28.4 Å². The number of aryl methyl sites for hydroxylation is 1. The number of carbonyl (C=O) groups excluding carboxylic acids is 2. The molecule has 1 N–H and O–H groups in total. The lowest BCUT2D eigenvalue weighted by Gasteiger charge is -2.28. The van der Waals surface area contributed by atoms with Gasteiger partial charge in [-0.3, -0.25) is 20.2 Å². The van der Waals surface area contributed by atoms with Crippen LogP contribution in [0.1, 0.15) is 5.01 Å². The zero-order valence-electron chi connectivity index (χ0n) is 12.4. The van der Waals surface area contributed by atoms with E-state index in [0.29, 0.717) is 15.8 Å². The molecule has 0 bridgehead atoms. The molecule has 10 nitrogen and oxygen atoms in total. The van der Waals surface area contributed by atoms with E-state index < -0.39 is 10.9 Å². The van der Waals surface area contributed by atoms with Gasteiger partial charge in [-0.15, -0.1) is 10.2 Å². The number of benzene rings is 1. The van der Waals surface area contributed by atoms with E-state index in [1.54, 1.807) is 6.92 Å². The predicted octanol–water partition coefficient (Wildman–Crippen LogP) is 1.12. The standard InChI is InChI=1S/C13H11N5O5S/c1-7-15-16-13(24-7)14-11(19)5-17-6-12(20)23-10-4-8(18(21)22)2-3-9(10)17/h2-4H,5-6H2,1H3,(H,14,16,19). The van der Waals surface area contributed by atoms with Crippen molar-refractivity contribution in [2.45, 2.75) is 6.92 Å². The Bertz CT molecular complexity index is 836. The molecule has 0 unspecified atom stereocenters. The molecule has 1 aliphatic rings. The van der Waals surface area contributed by atoms with Gasteiger partial charge in [0.25, 0.3) is 5.69 Å². The molecule has 1 aromatic heterocycles. The highest BCUT2D eigenvalue weighted by atomic mass is 32.1. The van der Waals surface area contributed by atoms with Crippen LogP contribution < -0.4 is 15.0 Å². The van der Waals surface area contributed by atoms with E-state index in [9.17, 15) is 19.7 Å². The van der Waals surface area contributed by atoms with Gasteiger partial charge in [0.1, 0.15) is 11.6 Å². The van der Waals surface area contributed by atoms with Gasteiger partial charge in [-0.1, -0.05) is 11.3 Å². The molecule has 0 radical (unpaired) electrons. The van der Waals surface area contributed by atoms with Crippen LogP contribution in [0.4, 0.5) is 16.5 Å². The van der Waals surface area contributed by atoms with Gasteiger partial charge in [0.05, 0.1) is 23.2 Å². The van der Waals surface area contributed by atoms with Crippen LogP contribution in [0.25, 0.3) is 0 Å². The Balaban J connectivity index is 1.78. The van der Waals surface area contributed by atoms with Crippen LogP contribution in [0.3, 0.4) is 0 Å². The number of fused-ring (bicyclic) bond motifs is 1. The molecule has 0 atom stereocenters. The number of nitro groups is 1. The van der Waals surface area contributed by atoms with Crippen molar-refractivity contribution in [3.05, 3.63) is 33.3 Å². The zero-order valence-corrected chi connectivity index (χ0v) is 13.2. The lowest BCUT2D eigenvalue weighted by molar-refractivity contribution is -0.384. The van der Waals surface area contributed by atoms with Crippen molar-refractivity contribution in [2.24, 2.45) is 0 Å². The van der Waals surface area contributed by atoms with Crippen molar-refractivity contribution in [2.75, 3.05) is 23.3 Å². The summed E-state index contributed by atoms with van der Waals surface area (Å²) in [6.07, 6.45) is 0. The second-order valence-electron chi connectivity index (χ2n) is 4.91. The first-order valence-electron chi connectivity index (χ1n) is 6.76. The van der Waals surface area contributed by atoms with Crippen LogP contribution in [-0.4, -0.2) is 40.1 Å². The lowest BCUT2D eigenvalue weighted by atomic mass is 10.2. The number of hydrogen-bond acceptors (Lipinski definition) is 9. The van der Waals surface area contributed by atoms with Crippen molar-refractivity contribution in [3.8, 4) is 5.75 Å². The highest BCUT2D eigenvalue weighted by Crippen LogP contribution is 2.35. The summed E-state index contributed by atoms with van der Waals surface area (Å²) in [6, 6.07) is 3.89. The fraction of sp³-hybridized carbons (Fsp3) is 0.231. The first kappa shape index (κ1) is 15.8.